The van der Waals surface area contributed by atoms with E-state index < -0.39 is 6.10 Å². The molecular formula is C12H14N4O2. The molecule has 2 aromatic rings. The van der Waals surface area contributed by atoms with Crippen molar-refractivity contribution in [3.8, 4) is 0 Å². The first kappa shape index (κ1) is 11.2. The van der Waals surface area contributed by atoms with Crippen LogP contribution in [0.2, 0.25) is 0 Å². The molecule has 1 aromatic carbocycles. The Balaban J connectivity index is 1.77. The molecule has 6 heteroatoms. The lowest BCUT2D eigenvalue weighted by Crippen LogP contribution is -2.28. The second-order valence-electron chi connectivity index (χ2n) is 4.62. The van der Waals surface area contributed by atoms with Crippen molar-refractivity contribution in [1.29, 1.82) is 0 Å². The Morgan fingerprint density at radius 3 is 2.94 bits per heavy atom. The third kappa shape index (κ3) is 1.95. The van der Waals surface area contributed by atoms with E-state index in [1.54, 1.807) is 18.2 Å². The normalized spacial score (nSPS) is 23.4. The Morgan fingerprint density at radius 1 is 1.33 bits per heavy atom. The summed E-state index contributed by atoms with van der Waals surface area (Å²) in [6.07, 6.45) is 1.85. The fraction of sp³-hybridized carbons (Fsp3) is 0.417. The molecule has 2 unspecified atom stereocenters. The van der Waals surface area contributed by atoms with E-state index in [0.29, 0.717) is 17.6 Å². The van der Waals surface area contributed by atoms with Crippen molar-refractivity contribution in [3.05, 3.63) is 18.2 Å². The van der Waals surface area contributed by atoms with Gasteiger partial charge in [-0.15, -0.1) is 0 Å². The van der Waals surface area contributed by atoms with Gasteiger partial charge in [-0.2, -0.15) is 15.4 Å². The average Bonchev–Trinajstić information content (AvgIpc) is 2.96. The molecule has 6 nitrogen and oxygen atoms in total. The van der Waals surface area contributed by atoms with Gasteiger partial charge < -0.3 is 10.4 Å². The summed E-state index contributed by atoms with van der Waals surface area (Å²) in [4.78, 5) is 12.0. The van der Waals surface area contributed by atoms with E-state index >= 15 is 0 Å². The first-order valence-electron chi connectivity index (χ1n) is 6.03. The van der Waals surface area contributed by atoms with E-state index in [1.165, 1.54) is 0 Å². The second-order valence-corrected chi connectivity index (χ2v) is 4.62. The molecule has 0 radical (unpaired) electrons. The average molecular weight is 246 g/mol. The highest BCUT2D eigenvalue weighted by Gasteiger charge is 2.31. The number of nitrogens with one attached hydrogen (secondary N) is 2. The van der Waals surface area contributed by atoms with Gasteiger partial charge in [-0.3, -0.25) is 4.79 Å². The van der Waals surface area contributed by atoms with E-state index in [9.17, 15) is 9.90 Å². The van der Waals surface area contributed by atoms with Crippen LogP contribution in [-0.2, 0) is 4.79 Å². The summed E-state index contributed by atoms with van der Waals surface area (Å²) in [6, 6.07) is 5.33. The van der Waals surface area contributed by atoms with Gasteiger partial charge in [-0.05, 0) is 37.5 Å². The van der Waals surface area contributed by atoms with E-state index in [1.807, 2.05) is 0 Å². The fourth-order valence-corrected chi connectivity index (χ4v) is 2.40. The van der Waals surface area contributed by atoms with Crippen LogP contribution in [0.5, 0.6) is 0 Å². The smallest absolute Gasteiger partial charge is 0.230 e. The Labute approximate surface area is 103 Å². The number of aliphatic hydroxyl groups excluding tert-OH is 1. The first-order chi connectivity index (χ1) is 8.74. The number of rotatable bonds is 2. The predicted octanol–water partition coefficient (Wildman–Crippen LogP) is 1.06. The summed E-state index contributed by atoms with van der Waals surface area (Å²) in [5.74, 6) is -0.416. The van der Waals surface area contributed by atoms with Gasteiger partial charge in [-0.25, -0.2) is 0 Å². The Bertz CT molecular complexity index is 580. The Morgan fingerprint density at radius 2 is 2.17 bits per heavy atom. The van der Waals surface area contributed by atoms with Crippen LogP contribution < -0.4 is 5.32 Å². The highest BCUT2D eigenvalue weighted by Crippen LogP contribution is 2.27. The molecule has 1 aliphatic carbocycles. The molecular weight excluding hydrogens is 232 g/mol. The van der Waals surface area contributed by atoms with Crippen molar-refractivity contribution in [1.82, 2.24) is 15.4 Å². The zero-order valence-corrected chi connectivity index (χ0v) is 9.76. The molecule has 1 aromatic heterocycles. The van der Waals surface area contributed by atoms with Crippen molar-refractivity contribution < 1.29 is 9.90 Å². The molecule has 0 bridgehead atoms. The molecule has 1 saturated carbocycles. The number of carbonyl (C=O) groups excluding carboxylic acids is 1. The van der Waals surface area contributed by atoms with Crippen molar-refractivity contribution in [2.24, 2.45) is 5.92 Å². The zero-order valence-electron chi connectivity index (χ0n) is 9.76. The van der Waals surface area contributed by atoms with Gasteiger partial charge in [0.15, 0.2) is 0 Å². The van der Waals surface area contributed by atoms with Gasteiger partial charge in [0.2, 0.25) is 5.91 Å². The lowest BCUT2D eigenvalue weighted by molar-refractivity contribution is -0.122. The number of aliphatic hydroxyl groups is 1. The molecule has 3 rings (SSSR count). The largest absolute Gasteiger partial charge is 0.392 e. The van der Waals surface area contributed by atoms with Crippen LogP contribution in [0.4, 0.5) is 5.69 Å². The van der Waals surface area contributed by atoms with Gasteiger partial charge in [0, 0.05) is 5.69 Å². The number of H-pyrrole nitrogens is 1. The van der Waals surface area contributed by atoms with E-state index in [2.05, 4.69) is 20.7 Å². The summed E-state index contributed by atoms with van der Waals surface area (Å²) in [6.45, 7) is 0. The Hall–Kier alpha value is -1.95. The summed E-state index contributed by atoms with van der Waals surface area (Å²) < 4.78 is 0. The van der Waals surface area contributed by atoms with Crippen molar-refractivity contribution in [3.63, 3.8) is 0 Å². The van der Waals surface area contributed by atoms with E-state index in [-0.39, 0.29) is 11.8 Å². The lowest BCUT2D eigenvalue weighted by atomic mass is 10.1. The maximum Gasteiger partial charge on any atom is 0.230 e. The number of amides is 1. The van der Waals surface area contributed by atoms with Crippen LogP contribution in [0.1, 0.15) is 19.3 Å². The number of aromatic amines is 1. The number of fused-ring (bicyclic) bond motifs is 1. The summed E-state index contributed by atoms with van der Waals surface area (Å²) >= 11 is 0. The number of hydrogen-bond donors (Lipinski definition) is 3. The molecule has 3 N–H and O–H groups in total. The van der Waals surface area contributed by atoms with Crippen molar-refractivity contribution in [2.45, 2.75) is 25.4 Å². The summed E-state index contributed by atoms with van der Waals surface area (Å²) in [7, 11) is 0. The lowest BCUT2D eigenvalue weighted by Gasteiger charge is -2.14. The van der Waals surface area contributed by atoms with Crippen LogP contribution >= 0.6 is 0 Å². The molecule has 0 aliphatic heterocycles. The molecule has 1 aliphatic rings. The SMILES string of the molecule is O=C(Nc1ccc2n[nH]nc2c1)C1CCCC1O. The third-order valence-electron chi connectivity index (χ3n) is 3.40. The maximum atomic E-state index is 12.0. The number of carbonyl (C=O) groups is 1. The molecule has 94 valence electrons. The fourth-order valence-electron chi connectivity index (χ4n) is 2.40. The highest BCUT2D eigenvalue weighted by molar-refractivity contribution is 5.94. The second kappa shape index (κ2) is 4.38. The molecule has 2 atom stereocenters. The standard InChI is InChI=1S/C12H14N4O2/c17-11-3-1-2-8(11)12(18)13-7-4-5-9-10(6-7)15-16-14-9/h4-6,8,11,17H,1-3H2,(H,13,18)(H,14,15,16). The Kier molecular flexibility index (Phi) is 2.71. The number of aromatic nitrogens is 3. The topological polar surface area (TPSA) is 90.9 Å². The van der Waals surface area contributed by atoms with Crippen molar-refractivity contribution >= 4 is 22.6 Å². The quantitative estimate of drug-likeness (QED) is 0.738. The molecule has 1 amide bonds. The van der Waals surface area contributed by atoms with Crippen LogP contribution in [0.25, 0.3) is 11.0 Å². The van der Waals surface area contributed by atoms with Gasteiger partial charge >= 0.3 is 0 Å². The minimum absolute atomic E-state index is 0.122. The minimum atomic E-state index is -0.513. The van der Waals surface area contributed by atoms with E-state index in [4.69, 9.17) is 0 Å². The van der Waals surface area contributed by atoms with Crippen molar-refractivity contribution in [2.75, 3.05) is 5.32 Å². The number of hydrogen-bond acceptors (Lipinski definition) is 4. The van der Waals surface area contributed by atoms with Crippen LogP contribution in [0.15, 0.2) is 18.2 Å². The van der Waals surface area contributed by atoms with Gasteiger partial charge in [0.05, 0.1) is 12.0 Å². The molecule has 1 heterocycles. The maximum absolute atomic E-state index is 12.0. The summed E-state index contributed by atoms with van der Waals surface area (Å²) in [5.41, 5.74) is 2.15. The zero-order chi connectivity index (χ0) is 12.5. The minimum Gasteiger partial charge on any atom is -0.392 e. The molecule has 0 saturated heterocycles. The van der Waals surface area contributed by atoms with Gasteiger partial charge in [0.1, 0.15) is 11.0 Å². The van der Waals surface area contributed by atoms with Crippen LogP contribution in [0.3, 0.4) is 0 Å². The molecule has 1 fully saturated rings. The predicted molar refractivity (Wildman–Crippen MR) is 65.9 cm³/mol. The number of nitrogens with zero attached hydrogens (tertiary/aromatic N) is 2. The van der Waals surface area contributed by atoms with E-state index in [0.717, 1.165) is 18.4 Å². The van der Waals surface area contributed by atoms with Gasteiger partial charge in [0.25, 0.3) is 0 Å². The highest BCUT2D eigenvalue weighted by atomic mass is 16.3. The number of benzene rings is 1. The molecule has 0 spiro atoms. The number of anilines is 1. The van der Waals surface area contributed by atoms with Crippen LogP contribution in [0, 0.1) is 5.92 Å². The monoisotopic (exact) mass is 246 g/mol. The summed E-state index contributed by atoms with van der Waals surface area (Å²) in [5, 5.41) is 22.9. The van der Waals surface area contributed by atoms with Gasteiger partial charge in [-0.1, -0.05) is 0 Å². The molecule has 18 heavy (non-hydrogen) atoms. The van der Waals surface area contributed by atoms with Crippen LogP contribution in [-0.4, -0.2) is 32.5 Å². The first-order valence-corrected chi connectivity index (χ1v) is 6.03. The third-order valence-corrected chi connectivity index (χ3v) is 3.40.